The number of hydrogen-bond acceptors (Lipinski definition) is 8. The number of nitrogens with zero attached hydrogens (tertiary/aromatic N) is 4. The number of rotatable bonds is 4. The van der Waals surface area contributed by atoms with Gasteiger partial charge in [-0.1, -0.05) is 28.9 Å². The molecule has 0 aliphatic carbocycles. The van der Waals surface area contributed by atoms with Gasteiger partial charge in [0.25, 0.3) is 5.92 Å². The van der Waals surface area contributed by atoms with Gasteiger partial charge in [-0.2, -0.15) is 4.98 Å². The molecule has 14 heteroatoms. The Balaban J connectivity index is 1.58. The van der Waals surface area contributed by atoms with E-state index in [2.05, 4.69) is 10.1 Å². The summed E-state index contributed by atoms with van der Waals surface area (Å²) in [5.74, 6) is -6.47. The molecule has 38 heavy (non-hydrogen) atoms. The van der Waals surface area contributed by atoms with E-state index in [1.807, 2.05) is 0 Å². The summed E-state index contributed by atoms with van der Waals surface area (Å²) in [7, 11) is -2.60. The van der Waals surface area contributed by atoms with Gasteiger partial charge in [0, 0.05) is 18.0 Å². The van der Waals surface area contributed by atoms with Gasteiger partial charge in [0.15, 0.2) is 9.84 Å². The van der Waals surface area contributed by atoms with E-state index in [0.29, 0.717) is 10.6 Å². The van der Waals surface area contributed by atoms with Gasteiger partial charge < -0.3 is 15.2 Å². The fourth-order valence-corrected chi connectivity index (χ4v) is 6.52. The zero-order valence-electron chi connectivity index (χ0n) is 20.1. The lowest BCUT2D eigenvalue weighted by atomic mass is 9.95. The van der Waals surface area contributed by atoms with E-state index in [9.17, 15) is 22.0 Å². The van der Waals surface area contributed by atoms with Crippen molar-refractivity contribution >= 4 is 33.0 Å². The molecule has 0 radical (unpaired) electrons. The second kappa shape index (κ2) is 9.63. The molecule has 9 nitrogen and oxygen atoms in total. The smallest absolute Gasteiger partial charge is 0.261 e. The van der Waals surface area contributed by atoms with Gasteiger partial charge in [-0.3, -0.25) is 9.69 Å². The molecule has 0 saturated carbocycles. The number of anilines is 1. The van der Waals surface area contributed by atoms with Crippen molar-refractivity contribution in [1.29, 1.82) is 0 Å². The number of carbonyl (C=O) groups excluding carboxylic acids is 1. The highest BCUT2D eigenvalue weighted by molar-refractivity contribution is 7.91. The van der Waals surface area contributed by atoms with Crippen molar-refractivity contribution in [3.8, 4) is 11.4 Å². The van der Waals surface area contributed by atoms with E-state index < -0.39 is 63.1 Å². The molecule has 1 fully saturated rings. The maximum atomic E-state index is 15.3. The molecule has 0 spiro atoms. The third-order valence-electron chi connectivity index (χ3n) is 6.52. The Hall–Kier alpha value is -3.00. The first kappa shape index (κ1) is 26.6. The molecule has 0 bridgehead atoms. The number of alkyl halides is 2. The molecule has 3 heterocycles. The normalized spacial score (nSPS) is 23.2. The zero-order chi connectivity index (χ0) is 27.4. The number of aromatic nitrogens is 2. The molecule has 2 N–H and O–H groups in total. The SMILES string of the molecule is CN1CC(c2nc(-c3cc4c(cc3F)S(=O)(=O)C[C@H](N)C(=O)N4Cc3ccc(Cl)cc3)no2)CC(F)(F)C1. The summed E-state index contributed by atoms with van der Waals surface area (Å²) in [5, 5.41) is 4.24. The van der Waals surface area contributed by atoms with Crippen LogP contribution in [-0.4, -0.2) is 67.2 Å². The number of halogens is 4. The number of nitrogens with two attached hydrogens (primary N) is 1. The van der Waals surface area contributed by atoms with E-state index >= 15 is 4.39 Å². The molecule has 2 aliphatic rings. The van der Waals surface area contributed by atoms with Crippen LogP contribution in [0.5, 0.6) is 0 Å². The van der Waals surface area contributed by atoms with Crippen molar-refractivity contribution in [2.45, 2.75) is 35.7 Å². The van der Waals surface area contributed by atoms with Crippen LogP contribution in [0.2, 0.25) is 5.02 Å². The lowest BCUT2D eigenvalue weighted by Gasteiger charge is -2.33. The van der Waals surface area contributed by atoms with Gasteiger partial charge >= 0.3 is 0 Å². The van der Waals surface area contributed by atoms with Crippen molar-refractivity contribution in [2.24, 2.45) is 5.73 Å². The monoisotopic (exact) mass is 569 g/mol. The second-order valence-corrected chi connectivity index (χ2v) is 12.1. The summed E-state index contributed by atoms with van der Waals surface area (Å²) < 4.78 is 74.8. The van der Waals surface area contributed by atoms with Crippen LogP contribution in [0.15, 0.2) is 45.8 Å². The molecule has 3 aromatic rings. The Morgan fingerprint density at radius 3 is 2.63 bits per heavy atom. The van der Waals surface area contributed by atoms with Gasteiger partial charge in [-0.15, -0.1) is 0 Å². The van der Waals surface area contributed by atoms with Gasteiger partial charge in [0.2, 0.25) is 17.6 Å². The number of amides is 1. The van der Waals surface area contributed by atoms with Gasteiger partial charge in [0.05, 0.1) is 46.9 Å². The lowest BCUT2D eigenvalue weighted by Crippen LogP contribution is -2.45. The highest BCUT2D eigenvalue weighted by atomic mass is 35.5. The number of likely N-dealkylation sites (N-methyl/N-ethyl adjacent to an activating group) is 1. The van der Waals surface area contributed by atoms with Crippen LogP contribution in [0.4, 0.5) is 18.9 Å². The Labute approximate surface area is 221 Å². The molecule has 2 aliphatic heterocycles. The molecule has 5 rings (SSSR count). The minimum atomic E-state index is -4.15. The molecule has 1 unspecified atom stereocenters. The quantitative estimate of drug-likeness (QED) is 0.508. The molecule has 1 amide bonds. The molecule has 2 atom stereocenters. The lowest BCUT2D eigenvalue weighted by molar-refractivity contribution is -0.119. The third kappa shape index (κ3) is 5.15. The van der Waals surface area contributed by atoms with Crippen molar-refractivity contribution in [1.82, 2.24) is 15.0 Å². The predicted molar refractivity (Wildman–Crippen MR) is 132 cm³/mol. The number of piperidine rings is 1. The van der Waals surface area contributed by atoms with Crippen LogP contribution in [0.25, 0.3) is 11.4 Å². The van der Waals surface area contributed by atoms with Crippen LogP contribution >= 0.6 is 11.6 Å². The van der Waals surface area contributed by atoms with Gasteiger partial charge in [-0.25, -0.2) is 21.6 Å². The highest BCUT2D eigenvalue weighted by Crippen LogP contribution is 2.38. The Bertz CT molecular complexity index is 1500. The highest BCUT2D eigenvalue weighted by Gasteiger charge is 2.42. The maximum absolute atomic E-state index is 15.3. The van der Waals surface area contributed by atoms with Crippen LogP contribution < -0.4 is 10.6 Å². The fraction of sp³-hybridized carbons (Fsp3) is 0.375. The van der Waals surface area contributed by atoms with E-state index in [4.69, 9.17) is 21.9 Å². The molecular weight excluding hydrogens is 547 g/mol. The Morgan fingerprint density at radius 1 is 1.24 bits per heavy atom. The molecule has 1 saturated heterocycles. The van der Waals surface area contributed by atoms with Gasteiger partial charge in [-0.05, 0) is 36.9 Å². The van der Waals surface area contributed by atoms with Gasteiger partial charge in [0.1, 0.15) is 5.82 Å². The van der Waals surface area contributed by atoms with E-state index in [-0.39, 0.29) is 36.1 Å². The average molecular weight is 570 g/mol. The van der Waals surface area contributed by atoms with Crippen molar-refractivity contribution in [3.05, 3.63) is 58.7 Å². The minimum absolute atomic E-state index is 0.0712. The van der Waals surface area contributed by atoms with E-state index in [1.165, 1.54) is 4.90 Å². The van der Waals surface area contributed by atoms with Crippen LogP contribution in [0, 0.1) is 5.82 Å². The first-order valence-electron chi connectivity index (χ1n) is 11.6. The largest absolute Gasteiger partial charge is 0.339 e. The number of fused-ring (bicyclic) bond motifs is 1. The number of sulfone groups is 1. The average Bonchev–Trinajstić information content (AvgIpc) is 3.30. The summed E-state index contributed by atoms with van der Waals surface area (Å²) in [6.45, 7) is -0.236. The third-order valence-corrected chi connectivity index (χ3v) is 8.57. The number of hydrogen-bond donors (Lipinski definition) is 1. The minimum Gasteiger partial charge on any atom is -0.339 e. The number of benzene rings is 2. The number of likely N-dealkylation sites (tertiary alicyclic amines) is 1. The molecular formula is C24H23ClF3N5O4S. The molecule has 202 valence electrons. The summed E-state index contributed by atoms with van der Waals surface area (Å²) in [6.07, 6.45) is -0.509. The summed E-state index contributed by atoms with van der Waals surface area (Å²) in [4.78, 5) is 19.5. The van der Waals surface area contributed by atoms with Crippen LogP contribution in [0.1, 0.15) is 23.8 Å². The van der Waals surface area contributed by atoms with Crippen molar-refractivity contribution < 1.29 is 30.9 Å². The Kier molecular flexibility index (Phi) is 6.74. The van der Waals surface area contributed by atoms with E-state index in [0.717, 1.165) is 17.0 Å². The van der Waals surface area contributed by atoms with Crippen LogP contribution in [0.3, 0.4) is 0 Å². The first-order chi connectivity index (χ1) is 17.8. The Morgan fingerprint density at radius 2 is 1.95 bits per heavy atom. The first-order valence-corrected chi connectivity index (χ1v) is 13.6. The standard InChI is InChI=1S/C24H23ClF3N5O4S/c1-32-10-14(8-24(27,28)12-32)22-30-21(31-37-22)16-6-19-20(7-17(16)26)38(35,36)11-18(29)23(34)33(19)9-13-2-4-15(25)5-3-13/h2-7,14,18H,8-12,29H2,1H3/t14?,18-/m0/s1. The van der Waals surface area contributed by atoms with Crippen LogP contribution in [-0.2, 0) is 21.2 Å². The number of carbonyl (C=O) groups is 1. The van der Waals surface area contributed by atoms with Crippen molar-refractivity contribution in [2.75, 3.05) is 30.8 Å². The zero-order valence-corrected chi connectivity index (χ0v) is 21.6. The topological polar surface area (TPSA) is 123 Å². The fourth-order valence-electron chi connectivity index (χ4n) is 4.83. The molecule has 1 aromatic heterocycles. The van der Waals surface area contributed by atoms with Crippen molar-refractivity contribution in [3.63, 3.8) is 0 Å². The molecule has 2 aromatic carbocycles. The summed E-state index contributed by atoms with van der Waals surface area (Å²) in [6, 6.07) is 7.09. The maximum Gasteiger partial charge on any atom is 0.261 e. The predicted octanol–water partition coefficient (Wildman–Crippen LogP) is 3.23. The summed E-state index contributed by atoms with van der Waals surface area (Å²) >= 11 is 5.95. The van der Waals surface area contributed by atoms with E-state index in [1.54, 1.807) is 31.3 Å². The summed E-state index contributed by atoms with van der Waals surface area (Å²) in [5.41, 5.74) is 6.18. The second-order valence-electron chi connectivity index (χ2n) is 9.65.